The number of methoxy groups -OCH3 is 1. The summed E-state index contributed by atoms with van der Waals surface area (Å²) in [6.45, 7) is 0.358. The van der Waals surface area contributed by atoms with Gasteiger partial charge in [-0.15, -0.1) is 0 Å². The largest absolute Gasteiger partial charge is 0.508 e. The lowest BCUT2D eigenvalue weighted by Gasteiger charge is -2.16. The van der Waals surface area contributed by atoms with E-state index in [1.807, 2.05) is 0 Å². The van der Waals surface area contributed by atoms with Crippen LogP contribution < -0.4 is 11.1 Å². The number of nitrogens with two attached hydrogens (primary N) is 1. The first kappa shape index (κ1) is 15.7. The molecular weight excluding hydrogens is 284 g/mol. The summed E-state index contributed by atoms with van der Waals surface area (Å²) in [6, 6.07) is 7.70. The van der Waals surface area contributed by atoms with Crippen molar-refractivity contribution in [1.82, 2.24) is 9.97 Å². The number of phenols is 1. The first-order valence-corrected chi connectivity index (χ1v) is 6.72. The molecule has 1 aromatic heterocycles. The van der Waals surface area contributed by atoms with Gasteiger partial charge in [-0.25, -0.2) is 9.97 Å². The number of phenolic OH excluding ortho intramolecular Hbond substituents is 1. The van der Waals surface area contributed by atoms with Crippen molar-refractivity contribution in [3.8, 4) is 5.75 Å². The molecule has 0 aliphatic heterocycles. The van der Waals surface area contributed by atoms with Gasteiger partial charge < -0.3 is 20.9 Å². The molecule has 0 saturated carbocycles. The number of primary amides is 1. The third kappa shape index (κ3) is 4.42. The number of benzene rings is 1. The number of rotatable bonds is 7. The minimum Gasteiger partial charge on any atom is -0.508 e. The molecule has 0 spiro atoms. The van der Waals surface area contributed by atoms with Crippen LogP contribution in [0.5, 0.6) is 5.75 Å². The number of ether oxygens (including phenoxy) is 1. The van der Waals surface area contributed by atoms with Gasteiger partial charge in [0.25, 0.3) is 0 Å². The van der Waals surface area contributed by atoms with E-state index in [2.05, 4.69) is 15.3 Å². The molecule has 2 rings (SSSR count). The molecule has 7 heteroatoms. The van der Waals surface area contributed by atoms with Gasteiger partial charge >= 0.3 is 0 Å². The average Bonchev–Trinajstić information content (AvgIpc) is 2.49. The molecule has 1 heterocycles. The summed E-state index contributed by atoms with van der Waals surface area (Å²) in [6.07, 6.45) is 1.79. The maximum absolute atomic E-state index is 11.6. The van der Waals surface area contributed by atoms with Crippen molar-refractivity contribution in [3.05, 3.63) is 47.9 Å². The quantitative estimate of drug-likeness (QED) is 0.699. The monoisotopic (exact) mass is 302 g/mol. The number of hydrogen-bond donors (Lipinski definition) is 3. The van der Waals surface area contributed by atoms with Crippen molar-refractivity contribution in [2.45, 2.75) is 19.1 Å². The van der Waals surface area contributed by atoms with Gasteiger partial charge in [-0.1, -0.05) is 12.1 Å². The third-order valence-corrected chi connectivity index (χ3v) is 3.06. The molecule has 0 bridgehead atoms. The second-order valence-corrected chi connectivity index (χ2v) is 4.80. The maximum atomic E-state index is 11.6. The van der Waals surface area contributed by atoms with Crippen LogP contribution in [0.3, 0.4) is 0 Å². The summed E-state index contributed by atoms with van der Waals surface area (Å²) in [5.41, 5.74) is 7.02. The second kappa shape index (κ2) is 7.37. The van der Waals surface area contributed by atoms with Gasteiger partial charge in [0.05, 0.1) is 12.3 Å². The van der Waals surface area contributed by atoms with Crippen molar-refractivity contribution < 1.29 is 14.6 Å². The number of amides is 1. The Morgan fingerprint density at radius 1 is 1.36 bits per heavy atom. The number of nitrogens with one attached hydrogen (secondary N) is 1. The molecule has 0 radical (unpaired) electrons. The van der Waals surface area contributed by atoms with Crippen molar-refractivity contribution >= 4 is 11.7 Å². The molecule has 0 fully saturated rings. The lowest BCUT2D eigenvalue weighted by molar-refractivity contribution is -0.118. The number of hydrogen-bond acceptors (Lipinski definition) is 6. The Hall–Kier alpha value is -2.67. The standard InChI is InChI=1S/C15H18N4O3/c1-22-8-11-7-14(18-9-17-11)19-13(15(16)21)6-10-2-4-12(20)5-3-10/h2-5,7,9,13,20H,6,8H2,1H3,(H2,16,21)(H,17,18,19)/t13-/m0/s1. The first-order valence-electron chi connectivity index (χ1n) is 6.72. The van der Waals surface area contributed by atoms with E-state index >= 15 is 0 Å². The molecule has 1 aromatic carbocycles. The molecule has 7 nitrogen and oxygen atoms in total. The first-order chi connectivity index (χ1) is 10.6. The van der Waals surface area contributed by atoms with E-state index in [0.717, 1.165) is 5.56 Å². The van der Waals surface area contributed by atoms with Crippen LogP contribution in [0.1, 0.15) is 11.3 Å². The van der Waals surface area contributed by atoms with Crippen LogP contribution in [0.2, 0.25) is 0 Å². The highest BCUT2D eigenvalue weighted by molar-refractivity contribution is 5.83. The van der Waals surface area contributed by atoms with Gasteiger partial charge in [0.2, 0.25) is 5.91 Å². The summed E-state index contributed by atoms with van der Waals surface area (Å²) in [5.74, 6) is 0.192. The zero-order valence-corrected chi connectivity index (χ0v) is 12.2. The van der Waals surface area contributed by atoms with Crippen molar-refractivity contribution in [2.24, 2.45) is 5.73 Å². The van der Waals surface area contributed by atoms with Crippen LogP contribution in [0.4, 0.5) is 5.82 Å². The average molecular weight is 302 g/mol. The van der Waals surface area contributed by atoms with Gasteiger partial charge in [-0.05, 0) is 17.7 Å². The Balaban J connectivity index is 2.10. The van der Waals surface area contributed by atoms with E-state index < -0.39 is 11.9 Å². The number of carbonyl (C=O) groups excluding carboxylic acids is 1. The van der Waals surface area contributed by atoms with E-state index in [1.165, 1.54) is 6.33 Å². The number of carbonyl (C=O) groups is 1. The predicted molar refractivity (Wildman–Crippen MR) is 81.2 cm³/mol. The third-order valence-electron chi connectivity index (χ3n) is 3.06. The fraction of sp³-hybridized carbons (Fsp3) is 0.267. The molecule has 4 N–H and O–H groups in total. The van der Waals surface area contributed by atoms with Gasteiger partial charge in [-0.2, -0.15) is 0 Å². The van der Waals surface area contributed by atoms with Crippen molar-refractivity contribution in [3.63, 3.8) is 0 Å². The minimum absolute atomic E-state index is 0.173. The fourth-order valence-electron chi connectivity index (χ4n) is 1.97. The van der Waals surface area contributed by atoms with Crippen molar-refractivity contribution in [2.75, 3.05) is 12.4 Å². The summed E-state index contributed by atoms with van der Waals surface area (Å²) in [4.78, 5) is 19.8. The van der Waals surface area contributed by atoms with E-state index in [1.54, 1.807) is 37.4 Å². The molecule has 1 amide bonds. The summed E-state index contributed by atoms with van der Waals surface area (Å²) >= 11 is 0. The van der Waals surface area contributed by atoms with Crippen LogP contribution in [0.25, 0.3) is 0 Å². The highest BCUT2D eigenvalue weighted by Gasteiger charge is 2.16. The summed E-state index contributed by atoms with van der Waals surface area (Å²) < 4.78 is 5.01. The minimum atomic E-state index is -0.616. The lowest BCUT2D eigenvalue weighted by Crippen LogP contribution is -2.37. The predicted octanol–water partition coefficient (Wildman–Crippen LogP) is 0.837. The molecular formula is C15H18N4O3. The zero-order chi connectivity index (χ0) is 15.9. The number of nitrogens with zero attached hydrogens (tertiary/aromatic N) is 2. The normalized spacial score (nSPS) is 11.9. The molecule has 116 valence electrons. The fourth-order valence-corrected chi connectivity index (χ4v) is 1.97. The highest BCUT2D eigenvalue weighted by atomic mass is 16.5. The molecule has 2 aromatic rings. The van der Waals surface area contributed by atoms with Crippen LogP contribution in [0.15, 0.2) is 36.7 Å². The Labute approximate surface area is 128 Å². The second-order valence-electron chi connectivity index (χ2n) is 4.80. The highest BCUT2D eigenvalue weighted by Crippen LogP contribution is 2.13. The molecule has 0 saturated heterocycles. The zero-order valence-electron chi connectivity index (χ0n) is 12.2. The molecule has 0 aliphatic rings. The number of aromatic nitrogens is 2. The summed E-state index contributed by atoms with van der Waals surface area (Å²) in [5, 5.41) is 12.3. The van der Waals surface area contributed by atoms with Crippen LogP contribution in [-0.4, -0.2) is 34.1 Å². The summed E-state index contributed by atoms with van der Waals surface area (Å²) in [7, 11) is 1.58. The Kier molecular flexibility index (Phi) is 5.26. The van der Waals surface area contributed by atoms with Crippen LogP contribution >= 0.6 is 0 Å². The van der Waals surface area contributed by atoms with Gasteiger partial charge in [-0.3, -0.25) is 4.79 Å². The Bertz CT molecular complexity index is 631. The van der Waals surface area contributed by atoms with Gasteiger partial charge in [0.1, 0.15) is 23.9 Å². The molecule has 0 unspecified atom stereocenters. The smallest absolute Gasteiger partial charge is 0.240 e. The Morgan fingerprint density at radius 2 is 2.09 bits per heavy atom. The van der Waals surface area contributed by atoms with Crippen LogP contribution in [-0.2, 0) is 22.6 Å². The number of aromatic hydroxyl groups is 1. The maximum Gasteiger partial charge on any atom is 0.240 e. The van der Waals surface area contributed by atoms with E-state index in [0.29, 0.717) is 24.5 Å². The van der Waals surface area contributed by atoms with Gasteiger partial charge in [0.15, 0.2) is 0 Å². The van der Waals surface area contributed by atoms with Gasteiger partial charge in [0, 0.05) is 19.6 Å². The lowest BCUT2D eigenvalue weighted by atomic mass is 10.1. The van der Waals surface area contributed by atoms with Crippen molar-refractivity contribution in [1.29, 1.82) is 0 Å². The van der Waals surface area contributed by atoms with E-state index in [4.69, 9.17) is 10.5 Å². The van der Waals surface area contributed by atoms with Crippen LogP contribution in [0, 0.1) is 0 Å². The SMILES string of the molecule is COCc1cc(N[C@@H](Cc2ccc(O)cc2)C(N)=O)ncn1. The van der Waals surface area contributed by atoms with E-state index in [9.17, 15) is 9.90 Å². The molecule has 0 aliphatic carbocycles. The topological polar surface area (TPSA) is 110 Å². The number of anilines is 1. The van der Waals surface area contributed by atoms with E-state index in [-0.39, 0.29) is 5.75 Å². The molecule has 1 atom stereocenters. The molecule has 22 heavy (non-hydrogen) atoms. The Morgan fingerprint density at radius 3 is 2.73 bits per heavy atom.